The van der Waals surface area contributed by atoms with E-state index in [9.17, 15) is 0 Å². The van der Waals surface area contributed by atoms with Crippen LogP contribution < -0.4 is 5.32 Å². The molecular weight excluding hydrogens is 264 g/mol. The second-order valence-corrected chi connectivity index (χ2v) is 5.52. The molecule has 4 nitrogen and oxygen atoms in total. The third-order valence-electron chi connectivity index (χ3n) is 2.08. The molecule has 0 aliphatic heterocycles. The van der Waals surface area contributed by atoms with E-state index in [1.54, 1.807) is 23.5 Å². The number of nitrogens with one attached hydrogen (secondary N) is 1. The average Bonchev–Trinajstić information content (AvgIpc) is 2.99. The lowest BCUT2D eigenvalue weighted by Crippen LogP contribution is -1.88. The van der Waals surface area contributed by atoms with Crippen molar-refractivity contribution >= 4 is 27.8 Å². The van der Waals surface area contributed by atoms with Crippen LogP contribution in [0.25, 0.3) is 10.6 Å². The number of aryl methyl sites for hydroxylation is 1. The largest absolute Gasteiger partial charge is 0.336 e. The number of hydrogen-bond donors (Lipinski definition) is 1. The lowest BCUT2D eigenvalue weighted by atomic mass is 10.4. The number of nitrogens with zero attached hydrogens (tertiary/aromatic N) is 3. The first kappa shape index (κ1) is 12.3. The molecule has 0 unspecified atom stereocenters. The maximum Gasteiger partial charge on any atom is 0.187 e. The van der Waals surface area contributed by atoms with E-state index in [4.69, 9.17) is 10.5 Å². The molecule has 0 spiro atoms. The summed E-state index contributed by atoms with van der Waals surface area (Å²) in [6, 6.07) is 7.64. The summed E-state index contributed by atoms with van der Waals surface area (Å²) in [4.78, 5) is 6.74. The molecule has 1 N–H and O–H groups in total. The summed E-state index contributed by atoms with van der Waals surface area (Å²) in [5.41, 5.74) is 0.934. The van der Waals surface area contributed by atoms with Crippen molar-refractivity contribution in [2.75, 3.05) is 5.32 Å². The predicted octanol–water partition coefficient (Wildman–Crippen LogP) is 3.52. The highest BCUT2D eigenvalue weighted by Gasteiger charge is 2.05. The zero-order valence-corrected chi connectivity index (χ0v) is 11.1. The summed E-state index contributed by atoms with van der Waals surface area (Å²) >= 11 is 3.12. The van der Waals surface area contributed by atoms with Gasteiger partial charge in [0, 0.05) is 16.5 Å². The number of anilines is 1. The van der Waals surface area contributed by atoms with E-state index in [2.05, 4.69) is 23.3 Å². The Labute approximate surface area is 112 Å². The Morgan fingerprint density at radius 3 is 2.78 bits per heavy atom. The van der Waals surface area contributed by atoms with Crippen LogP contribution in [-0.2, 0) is 0 Å². The van der Waals surface area contributed by atoms with Gasteiger partial charge < -0.3 is 5.32 Å². The van der Waals surface area contributed by atoms with Gasteiger partial charge in [0.05, 0.1) is 10.6 Å². The van der Waals surface area contributed by atoms with Crippen LogP contribution in [0.3, 0.4) is 0 Å². The van der Waals surface area contributed by atoms with E-state index in [1.165, 1.54) is 22.4 Å². The van der Waals surface area contributed by atoms with Crippen molar-refractivity contribution in [1.82, 2.24) is 4.98 Å². The lowest BCUT2D eigenvalue weighted by Gasteiger charge is -1.92. The van der Waals surface area contributed by atoms with Gasteiger partial charge in [0.15, 0.2) is 5.13 Å². The maximum absolute atomic E-state index is 8.59. The topological polar surface area (TPSA) is 72.5 Å². The van der Waals surface area contributed by atoms with E-state index in [0.29, 0.717) is 5.13 Å². The van der Waals surface area contributed by atoms with Crippen molar-refractivity contribution in [3.63, 3.8) is 0 Å². The molecule has 0 radical (unpaired) electrons. The first-order valence-electron chi connectivity index (χ1n) is 5.02. The van der Waals surface area contributed by atoms with Crippen molar-refractivity contribution in [3.05, 3.63) is 34.2 Å². The Balaban J connectivity index is 2.15. The van der Waals surface area contributed by atoms with E-state index >= 15 is 0 Å². The minimum absolute atomic E-state index is 0.0266. The number of rotatable bonds is 3. The molecule has 0 saturated heterocycles. The minimum Gasteiger partial charge on any atom is -0.336 e. The highest BCUT2D eigenvalue weighted by Crippen LogP contribution is 2.30. The van der Waals surface area contributed by atoms with Crippen molar-refractivity contribution in [2.24, 2.45) is 0 Å². The zero-order chi connectivity index (χ0) is 13.0. The maximum atomic E-state index is 8.59. The average molecular weight is 272 g/mol. The van der Waals surface area contributed by atoms with E-state index in [-0.39, 0.29) is 5.57 Å². The Morgan fingerprint density at radius 1 is 1.39 bits per heavy atom. The van der Waals surface area contributed by atoms with Gasteiger partial charge in [0.25, 0.3) is 0 Å². The smallest absolute Gasteiger partial charge is 0.187 e. The molecule has 6 heteroatoms. The molecular formula is C12H8N4S2. The number of nitriles is 2. The van der Waals surface area contributed by atoms with Crippen LogP contribution >= 0.6 is 22.7 Å². The molecule has 2 aromatic rings. The summed E-state index contributed by atoms with van der Waals surface area (Å²) in [7, 11) is 0. The third kappa shape index (κ3) is 2.75. The van der Waals surface area contributed by atoms with Crippen LogP contribution in [-0.4, -0.2) is 4.98 Å². The molecule has 0 aromatic carbocycles. The Hall–Kier alpha value is -2.15. The summed E-state index contributed by atoms with van der Waals surface area (Å²) in [6.45, 7) is 2.05. The summed E-state index contributed by atoms with van der Waals surface area (Å²) < 4.78 is 0. The fourth-order valence-electron chi connectivity index (χ4n) is 1.25. The first-order valence-corrected chi connectivity index (χ1v) is 6.72. The molecule has 0 aliphatic carbocycles. The molecule has 0 aliphatic rings. The summed E-state index contributed by atoms with van der Waals surface area (Å²) in [5, 5.41) is 22.6. The van der Waals surface area contributed by atoms with E-state index < -0.39 is 0 Å². The minimum atomic E-state index is 0.0266. The fraction of sp³-hybridized carbons (Fsp3) is 0.0833. The first-order chi connectivity index (χ1) is 8.72. The molecule has 0 bridgehead atoms. The van der Waals surface area contributed by atoms with Crippen LogP contribution in [0.5, 0.6) is 0 Å². The van der Waals surface area contributed by atoms with Crippen LogP contribution in [0.15, 0.2) is 29.3 Å². The van der Waals surface area contributed by atoms with Gasteiger partial charge in [-0.3, -0.25) is 0 Å². The van der Waals surface area contributed by atoms with Gasteiger partial charge in [-0.15, -0.1) is 22.7 Å². The Morgan fingerprint density at radius 2 is 2.17 bits per heavy atom. The summed E-state index contributed by atoms with van der Waals surface area (Å²) in [5.74, 6) is 0. The van der Waals surface area contributed by atoms with Crippen LogP contribution in [0.4, 0.5) is 5.13 Å². The zero-order valence-electron chi connectivity index (χ0n) is 9.47. The lowest BCUT2D eigenvalue weighted by molar-refractivity contribution is 1.39. The van der Waals surface area contributed by atoms with Crippen molar-refractivity contribution in [1.29, 1.82) is 10.5 Å². The predicted molar refractivity (Wildman–Crippen MR) is 73.1 cm³/mol. The second-order valence-electron chi connectivity index (χ2n) is 3.37. The second kappa shape index (κ2) is 5.46. The number of allylic oxidation sites excluding steroid dienone is 1. The molecule has 0 amide bonds. The van der Waals surface area contributed by atoms with Crippen molar-refractivity contribution in [2.45, 2.75) is 6.92 Å². The summed E-state index contributed by atoms with van der Waals surface area (Å²) in [6.07, 6.45) is 1.36. The third-order valence-corrected chi connectivity index (χ3v) is 3.87. The normalized spacial score (nSPS) is 9.28. The molecule has 0 atom stereocenters. The number of thiophene rings is 1. The van der Waals surface area contributed by atoms with Gasteiger partial charge in [-0.1, -0.05) is 0 Å². The highest BCUT2D eigenvalue weighted by atomic mass is 32.1. The van der Waals surface area contributed by atoms with Crippen molar-refractivity contribution < 1.29 is 0 Å². The van der Waals surface area contributed by atoms with E-state index in [1.807, 2.05) is 11.4 Å². The number of thiazole rings is 1. The molecule has 2 aromatic heterocycles. The van der Waals surface area contributed by atoms with Crippen LogP contribution in [0.1, 0.15) is 4.88 Å². The quantitative estimate of drug-likeness (QED) is 0.868. The van der Waals surface area contributed by atoms with Gasteiger partial charge >= 0.3 is 0 Å². The Kier molecular flexibility index (Phi) is 3.73. The standard InChI is InChI=1S/C12H8N4S2/c1-8-2-3-11(18-8)10-7-17-12(16-10)15-6-9(4-13)5-14/h2-3,6-7H,1H3,(H,15,16). The molecule has 2 rings (SSSR count). The monoisotopic (exact) mass is 272 g/mol. The molecule has 18 heavy (non-hydrogen) atoms. The van der Waals surface area contributed by atoms with Gasteiger partial charge in [-0.25, -0.2) is 4.98 Å². The van der Waals surface area contributed by atoms with Gasteiger partial charge in [0.1, 0.15) is 17.7 Å². The van der Waals surface area contributed by atoms with Crippen LogP contribution in [0, 0.1) is 29.6 Å². The highest BCUT2D eigenvalue weighted by molar-refractivity contribution is 7.16. The fourth-order valence-corrected chi connectivity index (χ4v) is 2.83. The van der Waals surface area contributed by atoms with Crippen molar-refractivity contribution in [3.8, 4) is 22.7 Å². The molecule has 0 fully saturated rings. The molecule has 0 saturated carbocycles. The molecule has 88 valence electrons. The van der Waals surface area contributed by atoms with Crippen LogP contribution in [0.2, 0.25) is 0 Å². The van der Waals surface area contributed by atoms with Gasteiger partial charge in [-0.05, 0) is 19.1 Å². The number of hydrogen-bond acceptors (Lipinski definition) is 6. The number of aromatic nitrogens is 1. The van der Waals surface area contributed by atoms with Gasteiger partial charge in [-0.2, -0.15) is 10.5 Å². The van der Waals surface area contributed by atoms with E-state index in [0.717, 1.165) is 10.6 Å². The van der Waals surface area contributed by atoms with Gasteiger partial charge in [0.2, 0.25) is 0 Å². The Bertz CT molecular complexity index is 651. The SMILES string of the molecule is Cc1ccc(-c2csc(NC=C(C#N)C#N)n2)s1. The molecule has 2 heterocycles.